The topological polar surface area (TPSA) is 71.1 Å². The van der Waals surface area contributed by atoms with Gasteiger partial charge in [-0.25, -0.2) is 8.42 Å². The van der Waals surface area contributed by atoms with Gasteiger partial charge in [-0.15, -0.1) is 0 Å². The maximum atomic E-state index is 12.3. The molecule has 0 bridgehead atoms. The van der Waals surface area contributed by atoms with E-state index in [4.69, 9.17) is 23.2 Å². The van der Waals surface area contributed by atoms with E-state index < -0.39 is 10.0 Å². The summed E-state index contributed by atoms with van der Waals surface area (Å²) < 4.78 is 27.1. The molecule has 2 rings (SSSR count). The second-order valence-corrected chi connectivity index (χ2v) is 6.41. The molecule has 1 heterocycles. The molecule has 0 aliphatic heterocycles. The van der Waals surface area contributed by atoms with Crippen LogP contribution in [0.3, 0.4) is 0 Å². The lowest BCUT2D eigenvalue weighted by Gasteiger charge is -2.11. The Morgan fingerprint density at radius 3 is 2.40 bits per heavy atom. The van der Waals surface area contributed by atoms with Crippen molar-refractivity contribution in [1.82, 2.24) is 4.98 Å². The Morgan fingerprint density at radius 1 is 1.15 bits per heavy atom. The van der Waals surface area contributed by atoms with Crippen LogP contribution in [0.5, 0.6) is 0 Å². The largest absolute Gasteiger partial charge is 0.387 e. The number of anilines is 2. The molecule has 0 amide bonds. The highest BCUT2D eigenvalue weighted by Crippen LogP contribution is 2.26. The van der Waals surface area contributed by atoms with Crippen LogP contribution < -0.4 is 10.0 Å². The lowest BCUT2D eigenvalue weighted by molar-refractivity contribution is 0.601. The van der Waals surface area contributed by atoms with Crippen LogP contribution in [0, 0.1) is 0 Å². The molecule has 8 heteroatoms. The van der Waals surface area contributed by atoms with Crippen molar-refractivity contribution in [2.45, 2.75) is 4.90 Å². The summed E-state index contributed by atoms with van der Waals surface area (Å²) in [6.45, 7) is 0. The SMILES string of the molecule is CNc1ccncc1S(=O)(=O)Nc1cc(Cl)cc(Cl)c1. The second kappa shape index (κ2) is 5.87. The third-order valence-corrected chi connectivity index (χ3v) is 4.30. The second-order valence-electron chi connectivity index (χ2n) is 3.89. The van der Waals surface area contributed by atoms with E-state index in [1.165, 1.54) is 30.6 Å². The van der Waals surface area contributed by atoms with E-state index in [9.17, 15) is 8.42 Å². The van der Waals surface area contributed by atoms with Gasteiger partial charge in [-0.3, -0.25) is 9.71 Å². The van der Waals surface area contributed by atoms with Crippen molar-refractivity contribution in [1.29, 1.82) is 0 Å². The van der Waals surface area contributed by atoms with Crippen molar-refractivity contribution in [2.24, 2.45) is 0 Å². The number of halogens is 2. The molecule has 0 radical (unpaired) electrons. The fraction of sp³-hybridized carbons (Fsp3) is 0.0833. The maximum absolute atomic E-state index is 12.3. The first-order chi connectivity index (χ1) is 9.42. The Morgan fingerprint density at radius 2 is 1.80 bits per heavy atom. The van der Waals surface area contributed by atoms with Crippen molar-refractivity contribution in [3.05, 3.63) is 46.7 Å². The summed E-state index contributed by atoms with van der Waals surface area (Å²) in [5.41, 5.74) is 0.731. The minimum absolute atomic E-state index is 0.0404. The fourth-order valence-corrected chi connectivity index (χ4v) is 3.35. The van der Waals surface area contributed by atoms with Gasteiger partial charge in [0.15, 0.2) is 0 Å². The Bertz CT molecular complexity index is 715. The van der Waals surface area contributed by atoms with Crippen LogP contribution in [0.2, 0.25) is 10.0 Å². The van der Waals surface area contributed by atoms with Crippen LogP contribution in [-0.2, 0) is 10.0 Å². The third kappa shape index (κ3) is 3.33. The lowest BCUT2D eigenvalue weighted by atomic mass is 10.3. The zero-order valence-corrected chi connectivity index (χ0v) is 12.7. The molecule has 0 aliphatic carbocycles. The predicted molar refractivity (Wildman–Crippen MR) is 81.1 cm³/mol. The zero-order chi connectivity index (χ0) is 14.8. The van der Waals surface area contributed by atoms with Gasteiger partial charge in [-0.1, -0.05) is 23.2 Å². The highest BCUT2D eigenvalue weighted by molar-refractivity contribution is 7.92. The first kappa shape index (κ1) is 14.9. The first-order valence-electron chi connectivity index (χ1n) is 5.53. The molecule has 0 saturated carbocycles. The number of hydrogen-bond acceptors (Lipinski definition) is 4. The van der Waals surface area contributed by atoms with Gasteiger partial charge < -0.3 is 5.32 Å². The molecular formula is C12H11Cl2N3O2S. The normalized spacial score (nSPS) is 11.2. The van der Waals surface area contributed by atoms with Crippen LogP contribution in [0.15, 0.2) is 41.6 Å². The number of sulfonamides is 1. The molecule has 1 aromatic carbocycles. The molecule has 2 N–H and O–H groups in total. The van der Waals surface area contributed by atoms with Crippen LogP contribution in [0.25, 0.3) is 0 Å². The van der Waals surface area contributed by atoms with E-state index in [1.54, 1.807) is 13.1 Å². The van der Waals surface area contributed by atoms with Crippen molar-refractivity contribution in [2.75, 3.05) is 17.1 Å². The summed E-state index contributed by atoms with van der Waals surface area (Å²) >= 11 is 11.7. The quantitative estimate of drug-likeness (QED) is 0.902. The van der Waals surface area contributed by atoms with Crippen LogP contribution in [0.1, 0.15) is 0 Å². The molecule has 0 aliphatic rings. The van der Waals surface area contributed by atoms with Crippen LogP contribution in [0.4, 0.5) is 11.4 Å². The lowest BCUT2D eigenvalue weighted by Crippen LogP contribution is -2.15. The van der Waals surface area contributed by atoms with E-state index in [1.807, 2.05) is 0 Å². The van der Waals surface area contributed by atoms with Gasteiger partial charge in [0.05, 0.1) is 11.4 Å². The van der Waals surface area contributed by atoms with Crippen LogP contribution in [-0.4, -0.2) is 20.4 Å². The number of nitrogens with zero attached hydrogens (tertiary/aromatic N) is 1. The molecule has 0 saturated heterocycles. The average molecular weight is 332 g/mol. The van der Waals surface area contributed by atoms with E-state index in [0.29, 0.717) is 15.7 Å². The third-order valence-electron chi connectivity index (χ3n) is 2.46. The van der Waals surface area contributed by atoms with Gasteiger partial charge in [0.25, 0.3) is 10.0 Å². The zero-order valence-electron chi connectivity index (χ0n) is 10.4. The van der Waals surface area contributed by atoms with Crippen molar-refractivity contribution in [3.63, 3.8) is 0 Å². The van der Waals surface area contributed by atoms with Gasteiger partial charge in [0, 0.05) is 29.5 Å². The highest BCUT2D eigenvalue weighted by Gasteiger charge is 2.18. The molecule has 0 spiro atoms. The minimum Gasteiger partial charge on any atom is -0.387 e. The summed E-state index contributed by atoms with van der Waals surface area (Å²) in [5, 5.41) is 3.48. The first-order valence-corrected chi connectivity index (χ1v) is 7.77. The number of benzene rings is 1. The fourth-order valence-electron chi connectivity index (χ4n) is 1.62. The summed E-state index contributed by atoms with van der Waals surface area (Å²) in [6, 6.07) is 6.03. The monoisotopic (exact) mass is 331 g/mol. The van der Waals surface area contributed by atoms with Gasteiger partial charge >= 0.3 is 0 Å². The maximum Gasteiger partial charge on any atom is 0.265 e. The smallest absolute Gasteiger partial charge is 0.265 e. The molecule has 106 valence electrons. The molecule has 20 heavy (non-hydrogen) atoms. The van der Waals surface area contributed by atoms with Crippen LogP contribution >= 0.6 is 23.2 Å². The van der Waals surface area contributed by atoms with Gasteiger partial charge in [0.2, 0.25) is 0 Å². The summed E-state index contributed by atoms with van der Waals surface area (Å²) in [5.74, 6) is 0. The summed E-state index contributed by atoms with van der Waals surface area (Å²) in [4.78, 5) is 3.87. The standard InChI is InChI=1S/C12H11Cl2N3O2S/c1-15-11-2-3-16-7-12(11)20(18,19)17-10-5-8(13)4-9(14)6-10/h2-7,17H,1H3,(H,15,16). The van der Waals surface area contributed by atoms with E-state index in [2.05, 4.69) is 15.0 Å². The number of hydrogen-bond donors (Lipinski definition) is 2. The van der Waals surface area contributed by atoms with Gasteiger partial charge in [0.1, 0.15) is 4.90 Å². The molecular weight excluding hydrogens is 321 g/mol. The van der Waals surface area contributed by atoms with E-state index >= 15 is 0 Å². The Balaban J connectivity index is 2.41. The summed E-state index contributed by atoms with van der Waals surface area (Å²) in [6.07, 6.45) is 2.77. The summed E-state index contributed by atoms with van der Waals surface area (Å²) in [7, 11) is -2.15. The average Bonchev–Trinajstić information content (AvgIpc) is 2.36. The van der Waals surface area contributed by atoms with E-state index in [0.717, 1.165) is 0 Å². The van der Waals surface area contributed by atoms with Crippen molar-refractivity contribution < 1.29 is 8.42 Å². The van der Waals surface area contributed by atoms with E-state index in [-0.39, 0.29) is 10.6 Å². The Labute approximate surface area is 127 Å². The number of nitrogens with one attached hydrogen (secondary N) is 2. The van der Waals surface area contributed by atoms with Gasteiger partial charge in [-0.2, -0.15) is 0 Å². The predicted octanol–water partition coefficient (Wildman–Crippen LogP) is 3.23. The molecule has 0 unspecified atom stereocenters. The Hall–Kier alpha value is -1.50. The number of aromatic nitrogens is 1. The van der Waals surface area contributed by atoms with Gasteiger partial charge in [-0.05, 0) is 24.3 Å². The molecule has 0 atom stereocenters. The minimum atomic E-state index is -3.78. The number of rotatable bonds is 4. The van der Waals surface area contributed by atoms with Crippen molar-refractivity contribution in [3.8, 4) is 0 Å². The number of pyridine rings is 1. The molecule has 2 aromatic rings. The van der Waals surface area contributed by atoms with Crippen molar-refractivity contribution >= 4 is 44.6 Å². The molecule has 0 fully saturated rings. The highest BCUT2D eigenvalue weighted by atomic mass is 35.5. The Kier molecular flexibility index (Phi) is 4.37. The molecule has 5 nitrogen and oxygen atoms in total. The molecule has 1 aromatic heterocycles.